The quantitative estimate of drug-likeness (QED) is 0.380. The average molecular weight is 473 g/mol. The van der Waals surface area contributed by atoms with Crippen LogP contribution in [0.25, 0.3) is 11.4 Å². The molecule has 172 valence electrons. The summed E-state index contributed by atoms with van der Waals surface area (Å²) in [6, 6.07) is 9.61. The molecule has 1 aromatic heterocycles. The number of nitrogens with zero attached hydrogens (tertiary/aromatic N) is 4. The van der Waals surface area contributed by atoms with Crippen LogP contribution in [-0.4, -0.2) is 46.8 Å². The zero-order chi connectivity index (χ0) is 23.6. The summed E-state index contributed by atoms with van der Waals surface area (Å²) in [6.07, 6.45) is 1.57. The second kappa shape index (κ2) is 8.96. The van der Waals surface area contributed by atoms with Crippen LogP contribution >= 0.6 is 0 Å². The fraction of sp³-hybridized carbons (Fsp3) is 0.250. The van der Waals surface area contributed by atoms with Gasteiger partial charge >= 0.3 is 0 Å². The molecule has 3 aromatic rings. The summed E-state index contributed by atoms with van der Waals surface area (Å²) in [5.74, 6) is -0.635. The monoisotopic (exact) mass is 473 g/mol. The Morgan fingerprint density at radius 3 is 2.67 bits per heavy atom. The highest BCUT2D eigenvalue weighted by Gasteiger charge is 2.28. The van der Waals surface area contributed by atoms with Gasteiger partial charge < -0.3 is 15.0 Å². The van der Waals surface area contributed by atoms with Crippen LogP contribution in [0.2, 0.25) is 0 Å². The van der Waals surface area contributed by atoms with E-state index in [2.05, 4.69) is 10.1 Å². The molecule has 0 spiro atoms. The predicted molar refractivity (Wildman–Crippen MR) is 114 cm³/mol. The molecule has 1 aliphatic rings. The van der Waals surface area contributed by atoms with Gasteiger partial charge in [0.25, 0.3) is 17.5 Å². The molecule has 0 unspecified atom stereocenters. The lowest BCUT2D eigenvalue weighted by atomic mass is 10.2. The van der Waals surface area contributed by atoms with Gasteiger partial charge in [0.05, 0.1) is 15.4 Å². The minimum atomic E-state index is -3.73. The molecule has 2 aromatic carbocycles. The molecule has 1 saturated heterocycles. The van der Waals surface area contributed by atoms with Gasteiger partial charge in [-0.05, 0) is 31.0 Å². The second-order valence-corrected chi connectivity index (χ2v) is 9.18. The standard InChI is InChI=1S/C20H19N5O7S/c21-19(26)16-11-15(33(29,30)24-8-1-2-9-24)6-7-17(16)31-12-18-22-20(23-32-18)13-4-3-5-14(10-13)25(27)28/h3-7,10-11H,1-2,8-9,12H2,(H2,21,26). The molecular formula is C20H19N5O7S. The van der Waals surface area contributed by atoms with Gasteiger partial charge in [0.2, 0.25) is 15.8 Å². The minimum Gasteiger partial charge on any atom is -0.483 e. The van der Waals surface area contributed by atoms with Crippen molar-refractivity contribution in [2.24, 2.45) is 5.73 Å². The van der Waals surface area contributed by atoms with Crippen LogP contribution in [0.15, 0.2) is 51.9 Å². The number of nitro groups is 1. The number of benzene rings is 2. The summed E-state index contributed by atoms with van der Waals surface area (Å²) in [4.78, 5) is 26.4. The van der Waals surface area contributed by atoms with Crippen molar-refractivity contribution in [2.75, 3.05) is 13.1 Å². The summed E-state index contributed by atoms with van der Waals surface area (Å²) in [7, 11) is -3.73. The number of carbonyl (C=O) groups is 1. The highest BCUT2D eigenvalue weighted by molar-refractivity contribution is 7.89. The van der Waals surface area contributed by atoms with Gasteiger partial charge in [0.15, 0.2) is 6.61 Å². The van der Waals surface area contributed by atoms with E-state index in [0.29, 0.717) is 18.7 Å². The third-order valence-electron chi connectivity index (χ3n) is 5.05. The Hall–Kier alpha value is -3.84. The molecule has 0 saturated carbocycles. The summed E-state index contributed by atoms with van der Waals surface area (Å²) >= 11 is 0. The van der Waals surface area contributed by atoms with Gasteiger partial charge in [-0.15, -0.1) is 0 Å². The molecule has 0 aliphatic carbocycles. The molecule has 12 nitrogen and oxygen atoms in total. The number of amides is 1. The molecule has 0 atom stereocenters. The molecule has 1 aliphatic heterocycles. The van der Waals surface area contributed by atoms with E-state index in [1.807, 2.05) is 0 Å². The van der Waals surface area contributed by atoms with Crippen molar-refractivity contribution in [3.63, 3.8) is 0 Å². The Morgan fingerprint density at radius 1 is 1.21 bits per heavy atom. The molecule has 1 fully saturated rings. The zero-order valence-corrected chi connectivity index (χ0v) is 18.0. The molecule has 2 N–H and O–H groups in total. The average Bonchev–Trinajstić information content (AvgIpc) is 3.50. The highest BCUT2D eigenvalue weighted by Crippen LogP contribution is 2.27. The van der Waals surface area contributed by atoms with E-state index >= 15 is 0 Å². The summed E-state index contributed by atoms with van der Waals surface area (Å²) in [6.45, 7) is 0.619. The van der Waals surface area contributed by atoms with Crippen LogP contribution in [-0.2, 0) is 16.6 Å². The van der Waals surface area contributed by atoms with Crippen LogP contribution < -0.4 is 10.5 Å². The van der Waals surface area contributed by atoms with E-state index in [1.165, 1.54) is 40.7 Å². The maximum absolute atomic E-state index is 12.8. The normalized spacial score (nSPS) is 14.3. The summed E-state index contributed by atoms with van der Waals surface area (Å²) in [5.41, 5.74) is 5.59. The van der Waals surface area contributed by atoms with Crippen molar-refractivity contribution in [1.29, 1.82) is 0 Å². The van der Waals surface area contributed by atoms with Gasteiger partial charge in [0.1, 0.15) is 5.75 Å². The lowest BCUT2D eigenvalue weighted by molar-refractivity contribution is -0.384. The van der Waals surface area contributed by atoms with Crippen molar-refractivity contribution < 1.29 is 27.4 Å². The maximum Gasteiger partial charge on any atom is 0.270 e. The van der Waals surface area contributed by atoms with E-state index in [9.17, 15) is 23.3 Å². The van der Waals surface area contributed by atoms with Gasteiger partial charge in [-0.25, -0.2) is 8.42 Å². The molecule has 2 heterocycles. The number of ether oxygens (including phenoxy) is 1. The first-order chi connectivity index (χ1) is 15.8. The Labute approximate surface area is 188 Å². The van der Waals surface area contributed by atoms with Gasteiger partial charge in [0, 0.05) is 30.8 Å². The van der Waals surface area contributed by atoms with Crippen LogP contribution in [0.3, 0.4) is 0 Å². The van der Waals surface area contributed by atoms with E-state index in [1.54, 1.807) is 6.07 Å². The minimum absolute atomic E-state index is 0.0423. The van der Waals surface area contributed by atoms with Crippen molar-refractivity contribution >= 4 is 21.6 Å². The lowest BCUT2D eigenvalue weighted by Gasteiger charge is -2.16. The Morgan fingerprint density at radius 2 is 1.97 bits per heavy atom. The van der Waals surface area contributed by atoms with Crippen molar-refractivity contribution in [3.05, 3.63) is 64.0 Å². The fourth-order valence-electron chi connectivity index (χ4n) is 3.39. The van der Waals surface area contributed by atoms with Crippen LogP contribution in [0, 0.1) is 10.1 Å². The third-order valence-corrected chi connectivity index (χ3v) is 6.95. The van der Waals surface area contributed by atoms with Gasteiger partial charge in [-0.2, -0.15) is 9.29 Å². The lowest BCUT2D eigenvalue weighted by Crippen LogP contribution is -2.28. The number of sulfonamides is 1. The number of hydrogen-bond acceptors (Lipinski definition) is 9. The Bertz CT molecular complexity index is 1320. The number of hydrogen-bond donors (Lipinski definition) is 1. The number of rotatable bonds is 8. The van der Waals surface area contributed by atoms with Crippen LogP contribution in [0.5, 0.6) is 5.75 Å². The molecule has 1 amide bonds. The smallest absolute Gasteiger partial charge is 0.270 e. The third kappa shape index (κ3) is 4.68. The zero-order valence-electron chi connectivity index (χ0n) is 17.2. The SMILES string of the molecule is NC(=O)c1cc(S(=O)(=O)N2CCCC2)ccc1OCc1nc(-c2cccc([N+](=O)[O-])c2)no1. The molecule has 0 radical (unpaired) electrons. The topological polar surface area (TPSA) is 172 Å². The first-order valence-corrected chi connectivity index (χ1v) is 11.3. The molecule has 33 heavy (non-hydrogen) atoms. The van der Waals surface area contributed by atoms with E-state index < -0.39 is 20.9 Å². The number of non-ortho nitro benzene ring substituents is 1. The largest absolute Gasteiger partial charge is 0.483 e. The number of nitrogens with two attached hydrogens (primary N) is 1. The predicted octanol–water partition coefficient (Wildman–Crippen LogP) is 2.11. The Kier molecular flexibility index (Phi) is 6.07. The van der Waals surface area contributed by atoms with E-state index in [0.717, 1.165) is 12.8 Å². The van der Waals surface area contributed by atoms with Crippen molar-refractivity contribution in [1.82, 2.24) is 14.4 Å². The highest BCUT2D eigenvalue weighted by atomic mass is 32.2. The first kappa shape index (κ1) is 22.4. The number of primary amides is 1. The number of aromatic nitrogens is 2. The van der Waals surface area contributed by atoms with Gasteiger partial charge in [-0.3, -0.25) is 14.9 Å². The molecule has 4 rings (SSSR count). The summed E-state index contributed by atoms with van der Waals surface area (Å²) < 4.78 is 37.6. The van der Waals surface area contributed by atoms with Crippen LogP contribution in [0.4, 0.5) is 5.69 Å². The van der Waals surface area contributed by atoms with E-state index in [4.69, 9.17) is 15.0 Å². The maximum atomic E-state index is 12.8. The van der Waals surface area contributed by atoms with Gasteiger partial charge in [-0.1, -0.05) is 17.3 Å². The Balaban J connectivity index is 1.52. The number of nitro benzene ring substituents is 1. The summed E-state index contributed by atoms with van der Waals surface area (Å²) in [5, 5.41) is 14.7. The van der Waals surface area contributed by atoms with Crippen molar-refractivity contribution in [3.8, 4) is 17.1 Å². The number of carbonyl (C=O) groups excluding carboxylic acids is 1. The first-order valence-electron chi connectivity index (χ1n) is 9.90. The molecule has 13 heteroatoms. The van der Waals surface area contributed by atoms with Crippen LogP contribution in [0.1, 0.15) is 29.1 Å². The second-order valence-electron chi connectivity index (χ2n) is 7.24. The molecular weight excluding hydrogens is 454 g/mol. The fourth-order valence-corrected chi connectivity index (χ4v) is 4.94. The van der Waals surface area contributed by atoms with Crippen molar-refractivity contribution in [2.45, 2.75) is 24.3 Å². The van der Waals surface area contributed by atoms with E-state index in [-0.39, 0.29) is 40.2 Å². The molecule has 0 bridgehead atoms.